The predicted octanol–water partition coefficient (Wildman–Crippen LogP) is 12.3. The lowest BCUT2D eigenvalue weighted by molar-refractivity contribution is 0.623. The van der Waals surface area contributed by atoms with Gasteiger partial charge in [-0.15, -0.1) is 0 Å². The van der Waals surface area contributed by atoms with Gasteiger partial charge in [0.1, 0.15) is 16.7 Å². The fraction of sp³-hybridized carbons (Fsp3) is 0. The van der Waals surface area contributed by atoms with Crippen LogP contribution in [-0.4, -0.2) is 4.98 Å². The highest BCUT2D eigenvalue weighted by Gasteiger charge is 2.21. The van der Waals surface area contributed by atoms with Gasteiger partial charge >= 0.3 is 0 Å². The maximum atomic E-state index is 6.52. The standard InChI is InChI=1S/C43H26N2O2/c1-2-10-32(11-3-1)45(33-22-18-28(19-23-33)31-17-16-27-8-4-5-9-30(27)26-31)34-24-20-29(21-25-34)43-44-41-35-12-6-14-37-39(35)40-36(42(41)47-43)13-7-15-38(40)46-37/h1-26H. The van der Waals surface area contributed by atoms with Crippen LogP contribution in [0.3, 0.4) is 0 Å². The van der Waals surface area contributed by atoms with Crippen LogP contribution in [0.25, 0.3) is 77.2 Å². The normalized spacial score (nSPS) is 11.8. The fourth-order valence-corrected chi connectivity index (χ4v) is 7.01. The second-order valence-corrected chi connectivity index (χ2v) is 12.0. The Morgan fingerprint density at radius 2 is 1.02 bits per heavy atom. The summed E-state index contributed by atoms with van der Waals surface area (Å²) in [5, 5.41) is 6.75. The van der Waals surface area contributed by atoms with Gasteiger partial charge in [0.2, 0.25) is 5.89 Å². The lowest BCUT2D eigenvalue weighted by atomic mass is 10.0. The van der Waals surface area contributed by atoms with Gasteiger partial charge in [0.15, 0.2) is 5.58 Å². The van der Waals surface area contributed by atoms with E-state index in [2.05, 4.69) is 132 Å². The van der Waals surface area contributed by atoms with Crippen LogP contribution in [0.15, 0.2) is 167 Å². The Labute approximate surface area is 270 Å². The number of anilines is 3. The van der Waals surface area contributed by atoms with Crippen molar-refractivity contribution in [2.45, 2.75) is 0 Å². The van der Waals surface area contributed by atoms with Crippen molar-refractivity contribution in [1.82, 2.24) is 4.98 Å². The lowest BCUT2D eigenvalue weighted by Gasteiger charge is -2.25. The lowest BCUT2D eigenvalue weighted by Crippen LogP contribution is -2.09. The van der Waals surface area contributed by atoms with E-state index < -0.39 is 0 Å². The van der Waals surface area contributed by atoms with Crippen LogP contribution in [0.4, 0.5) is 17.1 Å². The summed E-state index contributed by atoms with van der Waals surface area (Å²) in [6.07, 6.45) is 0. The summed E-state index contributed by atoms with van der Waals surface area (Å²) in [5.74, 6) is 0.601. The molecule has 0 radical (unpaired) electrons. The molecule has 0 aliphatic carbocycles. The van der Waals surface area contributed by atoms with Crippen molar-refractivity contribution in [1.29, 1.82) is 0 Å². The molecule has 4 heteroatoms. The van der Waals surface area contributed by atoms with Crippen LogP contribution in [0.5, 0.6) is 0 Å². The molecule has 10 rings (SSSR count). The van der Waals surface area contributed by atoms with E-state index >= 15 is 0 Å². The average molecular weight is 603 g/mol. The molecule has 4 nitrogen and oxygen atoms in total. The Morgan fingerprint density at radius 3 is 1.77 bits per heavy atom. The first-order valence-electron chi connectivity index (χ1n) is 15.8. The van der Waals surface area contributed by atoms with Crippen LogP contribution >= 0.6 is 0 Å². The quantitative estimate of drug-likeness (QED) is 0.184. The summed E-state index contributed by atoms with van der Waals surface area (Å²) in [5.41, 5.74) is 9.90. The molecule has 0 spiro atoms. The largest absolute Gasteiger partial charge is 0.456 e. The van der Waals surface area contributed by atoms with Gasteiger partial charge in [0.05, 0.1) is 0 Å². The van der Waals surface area contributed by atoms with E-state index in [9.17, 15) is 0 Å². The van der Waals surface area contributed by atoms with E-state index in [0.717, 1.165) is 66.4 Å². The van der Waals surface area contributed by atoms with E-state index in [0.29, 0.717) is 5.89 Å². The highest BCUT2D eigenvalue weighted by molar-refractivity contribution is 6.31. The molecule has 47 heavy (non-hydrogen) atoms. The number of hydrogen-bond acceptors (Lipinski definition) is 4. The first-order valence-corrected chi connectivity index (χ1v) is 15.8. The summed E-state index contributed by atoms with van der Waals surface area (Å²) in [6.45, 7) is 0. The van der Waals surface area contributed by atoms with Gasteiger partial charge in [-0.3, -0.25) is 0 Å². The Bertz CT molecular complexity index is 2640. The Balaban J connectivity index is 1.04. The Kier molecular flexibility index (Phi) is 5.54. The summed E-state index contributed by atoms with van der Waals surface area (Å²) in [4.78, 5) is 7.31. The van der Waals surface area contributed by atoms with Crippen LogP contribution in [0.1, 0.15) is 0 Å². The van der Waals surface area contributed by atoms with E-state index in [1.165, 1.54) is 21.9 Å². The van der Waals surface area contributed by atoms with Crippen LogP contribution < -0.4 is 4.90 Å². The van der Waals surface area contributed by atoms with Gasteiger partial charge in [-0.2, -0.15) is 0 Å². The van der Waals surface area contributed by atoms with Gasteiger partial charge in [-0.1, -0.05) is 91.0 Å². The van der Waals surface area contributed by atoms with Gasteiger partial charge in [-0.05, 0) is 88.6 Å². The molecule has 0 saturated heterocycles. The van der Waals surface area contributed by atoms with Crippen molar-refractivity contribution < 1.29 is 8.83 Å². The molecule has 0 saturated carbocycles. The van der Waals surface area contributed by atoms with Crippen LogP contribution in [0, 0.1) is 0 Å². The molecule has 0 fully saturated rings. The molecule has 0 aliphatic heterocycles. The number of rotatable bonds is 5. The zero-order chi connectivity index (χ0) is 30.9. The second-order valence-electron chi connectivity index (χ2n) is 12.0. The third-order valence-electron chi connectivity index (χ3n) is 9.24. The van der Waals surface area contributed by atoms with Crippen molar-refractivity contribution in [3.63, 3.8) is 0 Å². The van der Waals surface area contributed by atoms with E-state index in [-0.39, 0.29) is 0 Å². The second kappa shape index (κ2) is 10.1. The maximum Gasteiger partial charge on any atom is 0.227 e. The highest BCUT2D eigenvalue weighted by Crippen LogP contribution is 2.44. The van der Waals surface area contributed by atoms with Gasteiger partial charge in [0, 0.05) is 44.2 Å². The molecule has 0 atom stereocenters. The zero-order valence-electron chi connectivity index (χ0n) is 25.2. The molecule has 2 heterocycles. The topological polar surface area (TPSA) is 42.4 Å². The Hall–Kier alpha value is -6.39. The molecule has 0 aliphatic rings. The van der Waals surface area contributed by atoms with E-state index in [1.54, 1.807) is 0 Å². The smallest absolute Gasteiger partial charge is 0.227 e. The maximum absolute atomic E-state index is 6.52. The van der Waals surface area contributed by atoms with Crippen LogP contribution in [0.2, 0.25) is 0 Å². The Morgan fingerprint density at radius 1 is 0.426 bits per heavy atom. The predicted molar refractivity (Wildman–Crippen MR) is 193 cm³/mol. The SMILES string of the molecule is c1ccc(N(c2ccc(-c3ccc4ccccc4c3)cc2)c2ccc(-c3nc4c5cccc6oc7cccc(c4o3)c7c65)cc2)cc1. The summed E-state index contributed by atoms with van der Waals surface area (Å²) < 4.78 is 12.7. The summed E-state index contributed by atoms with van der Waals surface area (Å²) >= 11 is 0. The molecule has 220 valence electrons. The number of hydrogen-bond donors (Lipinski definition) is 0. The van der Waals surface area contributed by atoms with Crippen molar-refractivity contribution >= 4 is 71.6 Å². The summed E-state index contributed by atoms with van der Waals surface area (Å²) in [6, 6.07) is 55.1. The number of aromatic nitrogens is 1. The highest BCUT2D eigenvalue weighted by atomic mass is 16.3. The minimum absolute atomic E-state index is 0.601. The van der Waals surface area contributed by atoms with Gasteiger partial charge in [0.25, 0.3) is 0 Å². The molecular weight excluding hydrogens is 576 g/mol. The van der Waals surface area contributed by atoms with Crippen molar-refractivity contribution in [2.75, 3.05) is 4.90 Å². The summed E-state index contributed by atoms with van der Waals surface area (Å²) in [7, 11) is 0. The van der Waals surface area contributed by atoms with E-state index in [4.69, 9.17) is 13.8 Å². The first kappa shape index (κ1) is 25.9. The fourth-order valence-electron chi connectivity index (χ4n) is 7.01. The molecule has 10 aromatic rings. The van der Waals surface area contributed by atoms with E-state index in [1.807, 2.05) is 30.3 Å². The molecule has 0 amide bonds. The molecule has 8 aromatic carbocycles. The van der Waals surface area contributed by atoms with Crippen molar-refractivity contribution in [3.8, 4) is 22.6 Å². The van der Waals surface area contributed by atoms with Gasteiger partial charge < -0.3 is 13.7 Å². The number of oxazole rings is 1. The number of nitrogens with zero attached hydrogens (tertiary/aromatic N) is 2. The molecule has 0 bridgehead atoms. The van der Waals surface area contributed by atoms with Crippen molar-refractivity contribution in [3.05, 3.63) is 158 Å². The minimum Gasteiger partial charge on any atom is -0.456 e. The van der Waals surface area contributed by atoms with Gasteiger partial charge in [-0.25, -0.2) is 4.98 Å². The third kappa shape index (κ3) is 4.05. The monoisotopic (exact) mass is 602 g/mol. The number of furan rings is 1. The first-order chi connectivity index (χ1) is 23.3. The third-order valence-corrected chi connectivity index (χ3v) is 9.24. The molecule has 0 unspecified atom stereocenters. The molecule has 2 aromatic heterocycles. The minimum atomic E-state index is 0.601. The number of fused-ring (bicyclic) bond motifs is 4. The van der Waals surface area contributed by atoms with Crippen LogP contribution in [-0.2, 0) is 0 Å². The van der Waals surface area contributed by atoms with Crippen molar-refractivity contribution in [2.24, 2.45) is 0 Å². The molecule has 0 N–H and O–H groups in total. The molecular formula is C43H26N2O2. The number of benzene rings is 8. The number of para-hydroxylation sites is 1. The zero-order valence-corrected chi connectivity index (χ0v) is 25.2. The average Bonchev–Trinajstić information content (AvgIpc) is 3.76.